The summed E-state index contributed by atoms with van der Waals surface area (Å²) in [6.07, 6.45) is 0.629. The number of furan rings is 1. The van der Waals surface area contributed by atoms with E-state index >= 15 is 0 Å². The summed E-state index contributed by atoms with van der Waals surface area (Å²) in [7, 11) is 0. The van der Waals surface area contributed by atoms with Crippen LogP contribution in [0.15, 0.2) is 16.5 Å². The maximum atomic E-state index is 13.2. The molecule has 0 aliphatic heterocycles. The minimum absolute atomic E-state index is 0.0688. The molecule has 1 heterocycles. The molecule has 16 heavy (non-hydrogen) atoms. The van der Waals surface area contributed by atoms with Gasteiger partial charge in [0.05, 0.1) is 5.02 Å². The fourth-order valence-electron chi connectivity index (χ4n) is 1.84. The third-order valence-corrected chi connectivity index (χ3v) is 2.74. The molecule has 1 aromatic heterocycles. The van der Waals surface area contributed by atoms with Crippen molar-refractivity contribution in [2.45, 2.75) is 19.8 Å². The van der Waals surface area contributed by atoms with Crippen molar-refractivity contribution in [2.75, 3.05) is 0 Å². The first-order valence-corrected chi connectivity index (χ1v) is 5.29. The van der Waals surface area contributed by atoms with Gasteiger partial charge in [0, 0.05) is 10.9 Å². The van der Waals surface area contributed by atoms with E-state index in [0.29, 0.717) is 22.8 Å². The predicted molar refractivity (Wildman–Crippen MR) is 60.7 cm³/mol. The maximum absolute atomic E-state index is 13.2. The zero-order chi connectivity index (χ0) is 11.9. The number of carbonyl (C=O) groups excluding carboxylic acids is 1. The van der Waals surface area contributed by atoms with E-state index in [1.165, 1.54) is 12.1 Å². The van der Waals surface area contributed by atoms with Gasteiger partial charge in [0.2, 0.25) is 0 Å². The predicted octanol–water partition coefficient (Wildman–Crippen LogP) is 4.16. The number of hydrogen-bond donors (Lipinski definition) is 0. The summed E-state index contributed by atoms with van der Waals surface area (Å²) in [5.41, 5.74) is 1.07. The maximum Gasteiger partial charge on any atom is 0.185 e. The Labute approximate surface area is 97.0 Å². The Morgan fingerprint density at radius 2 is 2.12 bits per heavy atom. The molecule has 0 spiro atoms. The Kier molecular flexibility index (Phi) is 2.72. The van der Waals surface area contributed by atoms with Crippen LogP contribution in [0.1, 0.15) is 35.9 Å². The van der Waals surface area contributed by atoms with Crippen LogP contribution >= 0.6 is 11.6 Å². The lowest BCUT2D eigenvalue weighted by Gasteiger charge is -2.02. The Morgan fingerprint density at radius 3 is 2.69 bits per heavy atom. The van der Waals surface area contributed by atoms with E-state index < -0.39 is 5.82 Å². The van der Waals surface area contributed by atoms with E-state index in [9.17, 15) is 9.18 Å². The van der Waals surface area contributed by atoms with E-state index in [1.807, 2.05) is 13.8 Å². The zero-order valence-corrected chi connectivity index (χ0v) is 9.64. The number of hydrogen-bond acceptors (Lipinski definition) is 2. The van der Waals surface area contributed by atoms with E-state index in [1.54, 1.807) is 0 Å². The van der Waals surface area contributed by atoms with Crippen molar-refractivity contribution in [3.63, 3.8) is 0 Å². The molecule has 1 aromatic carbocycles. The Hall–Kier alpha value is -1.35. The minimum atomic E-state index is -0.433. The molecule has 0 radical (unpaired) electrons. The quantitative estimate of drug-likeness (QED) is 0.738. The highest BCUT2D eigenvalue weighted by molar-refractivity contribution is 6.35. The van der Waals surface area contributed by atoms with Crippen LogP contribution in [-0.2, 0) is 0 Å². The van der Waals surface area contributed by atoms with Crippen LogP contribution in [0.3, 0.4) is 0 Å². The molecule has 0 saturated heterocycles. The SMILES string of the molecule is CC(C)c1c(C=O)oc2c(Cl)cc(F)cc12. The highest BCUT2D eigenvalue weighted by Crippen LogP contribution is 2.35. The molecule has 2 rings (SSSR count). The number of fused-ring (bicyclic) bond motifs is 1. The summed E-state index contributed by atoms with van der Waals surface area (Å²) < 4.78 is 18.6. The van der Waals surface area contributed by atoms with Gasteiger partial charge in [-0.3, -0.25) is 4.79 Å². The first-order valence-electron chi connectivity index (χ1n) is 4.91. The Bertz CT molecular complexity index is 558. The van der Waals surface area contributed by atoms with Crippen LogP contribution in [0.2, 0.25) is 5.02 Å². The Balaban J connectivity index is 2.89. The highest BCUT2D eigenvalue weighted by Gasteiger charge is 2.19. The van der Waals surface area contributed by atoms with Crippen LogP contribution in [-0.4, -0.2) is 6.29 Å². The van der Waals surface area contributed by atoms with Crippen molar-refractivity contribution in [2.24, 2.45) is 0 Å². The van der Waals surface area contributed by atoms with Gasteiger partial charge in [-0.15, -0.1) is 0 Å². The molecule has 0 saturated carbocycles. The number of halogens is 2. The van der Waals surface area contributed by atoms with Gasteiger partial charge in [-0.2, -0.15) is 0 Å². The summed E-state index contributed by atoms with van der Waals surface area (Å²) in [4.78, 5) is 10.9. The average Bonchev–Trinajstić information content (AvgIpc) is 2.56. The second-order valence-corrected chi connectivity index (χ2v) is 4.32. The molecule has 0 amide bonds. The van der Waals surface area contributed by atoms with Crippen LogP contribution in [0.5, 0.6) is 0 Å². The zero-order valence-electron chi connectivity index (χ0n) is 8.88. The topological polar surface area (TPSA) is 30.2 Å². The molecule has 0 fully saturated rings. The minimum Gasteiger partial charge on any atom is -0.451 e. The molecule has 84 valence electrons. The lowest BCUT2D eigenvalue weighted by atomic mass is 10.00. The first kappa shape index (κ1) is 11.1. The molecular formula is C12H10ClFO2. The normalized spacial score (nSPS) is 11.3. The molecule has 0 aliphatic carbocycles. The third-order valence-electron chi connectivity index (χ3n) is 2.46. The van der Waals surface area contributed by atoms with Crippen LogP contribution in [0.4, 0.5) is 4.39 Å². The van der Waals surface area contributed by atoms with Gasteiger partial charge < -0.3 is 4.42 Å². The van der Waals surface area contributed by atoms with Crippen molar-refractivity contribution in [1.29, 1.82) is 0 Å². The van der Waals surface area contributed by atoms with Crippen molar-refractivity contribution < 1.29 is 13.6 Å². The molecule has 0 atom stereocenters. The van der Waals surface area contributed by atoms with Gasteiger partial charge >= 0.3 is 0 Å². The second-order valence-electron chi connectivity index (χ2n) is 3.92. The molecule has 0 unspecified atom stereocenters. The van der Waals surface area contributed by atoms with E-state index in [0.717, 1.165) is 0 Å². The second kappa shape index (κ2) is 3.91. The van der Waals surface area contributed by atoms with E-state index in [-0.39, 0.29) is 16.7 Å². The monoisotopic (exact) mass is 240 g/mol. The van der Waals surface area contributed by atoms with E-state index in [2.05, 4.69) is 0 Å². The summed E-state index contributed by atoms with van der Waals surface area (Å²) in [6, 6.07) is 2.51. The fraction of sp³-hybridized carbons (Fsp3) is 0.250. The Morgan fingerprint density at radius 1 is 1.44 bits per heavy atom. The average molecular weight is 241 g/mol. The highest BCUT2D eigenvalue weighted by atomic mass is 35.5. The van der Waals surface area contributed by atoms with Crippen LogP contribution in [0, 0.1) is 5.82 Å². The van der Waals surface area contributed by atoms with Gasteiger partial charge in [0.1, 0.15) is 5.82 Å². The molecular weight excluding hydrogens is 231 g/mol. The van der Waals surface area contributed by atoms with Gasteiger partial charge in [-0.25, -0.2) is 4.39 Å². The van der Waals surface area contributed by atoms with Gasteiger partial charge in [-0.1, -0.05) is 25.4 Å². The molecule has 4 heteroatoms. The van der Waals surface area contributed by atoms with Crippen LogP contribution in [0.25, 0.3) is 11.0 Å². The number of carbonyl (C=O) groups is 1. The number of rotatable bonds is 2. The number of benzene rings is 1. The fourth-order valence-corrected chi connectivity index (χ4v) is 2.09. The van der Waals surface area contributed by atoms with Crippen molar-refractivity contribution in [3.05, 3.63) is 34.3 Å². The van der Waals surface area contributed by atoms with Gasteiger partial charge in [0.15, 0.2) is 17.6 Å². The largest absolute Gasteiger partial charge is 0.451 e. The van der Waals surface area contributed by atoms with E-state index in [4.69, 9.17) is 16.0 Å². The summed E-state index contributed by atoms with van der Waals surface area (Å²) in [5, 5.41) is 0.757. The molecule has 2 nitrogen and oxygen atoms in total. The molecule has 2 aromatic rings. The molecule has 0 bridgehead atoms. The van der Waals surface area contributed by atoms with Gasteiger partial charge in [0.25, 0.3) is 0 Å². The summed E-state index contributed by atoms with van der Waals surface area (Å²) in [6.45, 7) is 3.83. The summed E-state index contributed by atoms with van der Waals surface area (Å²) >= 11 is 5.86. The van der Waals surface area contributed by atoms with Crippen molar-refractivity contribution in [3.8, 4) is 0 Å². The third kappa shape index (κ3) is 1.61. The van der Waals surface area contributed by atoms with Gasteiger partial charge in [-0.05, 0) is 18.1 Å². The summed E-state index contributed by atoms with van der Waals surface area (Å²) in [5.74, 6) is -0.144. The first-order chi connectivity index (χ1) is 7.54. The standard InChI is InChI=1S/C12H10ClFO2/c1-6(2)11-8-3-7(14)4-9(13)12(8)16-10(11)5-15/h3-6H,1-2H3. The smallest absolute Gasteiger partial charge is 0.185 e. The molecule has 0 N–H and O–H groups in total. The number of aldehydes is 1. The van der Waals surface area contributed by atoms with Crippen LogP contribution < -0.4 is 0 Å². The van der Waals surface area contributed by atoms with Crippen molar-refractivity contribution >= 4 is 28.9 Å². The molecule has 0 aliphatic rings. The van der Waals surface area contributed by atoms with Crippen molar-refractivity contribution in [1.82, 2.24) is 0 Å². The lowest BCUT2D eigenvalue weighted by Crippen LogP contribution is -1.90. The lowest BCUT2D eigenvalue weighted by molar-refractivity contribution is 0.110.